The summed E-state index contributed by atoms with van der Waals surface area (Å²) >= 11 is 0. The minimum Gasteiger partial charge on any atom is -0.387 e. The normalized spacial score (nSPS) is 13.3. The number of unbranched alkanes of at least 4 members (excludes halogenated alkanes) is 31. The van der Waals surface area contributed by atoms with E-state index in [4.69, 9.17) is 0 Å². The van der Waals surface area contributed by atoms with Crippen molar-refractivity contribution in [2.45, 2.75) is 244 Å². The number of carbonyl (C=O) groups is 1. The average Bonchev–Trinajstić information content (AvgIpc) is 3.06. The van der Waals surface area contributed by atoms with E-state index in [9.17, 15) is 22.9 Å². The topological polar surface area (TPSA) is 104 Å². The smallest absolute Gasteiger partial charge is 0.267 e. The maximum atomic E-state index is 12.5. The van der Waals surface area contributed by atoms with E-state index in [2.05, 4.69) is 19.2 Å². The van der Waals surface area contributed by atoms with Crippen molar-refractivity contribution in [2.24, 2.45) is 0 Å². The molecule has 2 atom stereocenters. The van der Waals surface area contributed by atoms with Gasteiger partial charge in [-0.2, -0.15) is 8.42 Å². The SMILES string of the molecule is CCCCCCCCCCCCCCCC/C=C/C(O)C(CS(=O)(=O)O)NC(=O)CCCCCCCCCCCCCCCCCCCC. The van der Waals surface area contributed by atoms with Crippen LogP contribution >= 0.6 is 0 Å². The van der Waals surface area contributed by atoms with Crippen LogP contribution in [0.5, 0.6) is 0 Å². The number of aliphatic hydroxyl groups excluding tert-OH is 1. The summed E-state index contributed by atoms with van der Waals surface area (Å²) in [7, 11) is -4.34. The number of hydrogen-bond acceptors (Lipinski definition) is 4. The summed E-state index contributed by atoms with van der Waals surface area (Å²) in [6.07, 6.45) is 44.8. The van der Waals surface area contributed by atoms with Gasteiger partial charge in [0.1, 0.15) is 0 Å². The van der Waals surface area contributed by atoms with E-state index < -0.39 is 28.0 Å². The van der Waals surface area contributed by atoms with Gasteiger partial charge >= 0.3 is 0 Å². The molecule has 0 saturated carbocycles. The molecule has 49 heavy (non-hydrogen) atoms. The summed E-state index contributed by atoms with van der Waals surface area (Å²) < 4.78 is 32.5. The van der Waals surface area contributed by atoms with Gasteiger partial charge in [-0.15, -0.1) is 0 Å². The Morgan fingerprint density at radius 3 is 1.16 bits per heavy atom. The minimum atomic E-state index is -4.34. The molecule has 0 heterocycles. The van der Waals surface area contributed by atoms with Crippen molar-refractivity contribution in [1.29, 1.82) is 0 Å². The van der Waals surface area contributed by atoms with Crippen LogP contribution in [0.15, 0.2) is 12.2 Å². The van der Waals surface area contributed by atoms with Gasteiger partial charge in [-0.3, -0.25) is 9.35 Å². The summed E-state index contributed by atoms with van der Waals surface area (Å²) in [5.41, 5.74) is 0. The standard InChI is InChI=1S/C42H83NO5S/c1-3-5-7-9-11-13-15-17-19-21-22-24-26-28-30-32-34-36-38-42(45)43-40(39-49(46,47)48)41(44)37-35-33-31-29-27-25-23-20-18-16-14-12-10-8-6-4-2/h35,37,40-41,44H,3-34,36,38-39H2,1-2H3,(H,43,45)(H,46,47,48)/b37-35+. The van der Waals surface area contributed by atoms with Crippen LogP contribution in [0, 0.1) is 0 Å². The molecule has 2 unspecified atom stereocenters. The first-order valence-corrected chi connectivity index (χ1v) is 23.0. The molecule has 6 nitrogen and oxygen atoms in total. The number of aliphatic hydroxyl groups is 1. The molecule has 0 aliphatic rings. The molecule has 0 rings (SSSR count). The fraction of sp³-hybridized carbons (Fsp3) is 0.929. The Morgan fingerprint density at radius 2 is 0.837 bits per heavy atom. The average molecular weight is 714 g/mol. The van der Waals surface area contributed by atoms with Crippen molar-refractivity contribution in [3.63, 3.8) is 0 Å². The van der Waals surface area contributed by atoms with Gasteiger partial charge in [-0.25, -0.2) is 0 Å². The second kappa shape index (κ2) is 36.9. The van der Waals surface area contributed by atoms with Gasteiger partial charge in [0.2, 0.25) is 5.91 Å². The third kappa shape index (κ3) is 38.1. The van der Waals surface area contributed by atoms with Crippen LogP contribution in [0.2, 0.25) is 0 Å². The summed E-state index contributed by atoms with van der Waals surface area (Å²) in [6, 6.07) is -1.05. The molecule has 3 N–H and O–H groups in total. The van der Waals surface area contributed by atoms with Crippen LogP contribution in [-0.2, 0) is 14.9 Å². The predicted molar refractivity (Wildman–Crippen MR) is 212 cm³/mol. The Morgan fingerprint density at radius 1 is 0.531 bits per heavy atom. The van der Waals surface area contributed by atoms with E-state index in [0.29, 0.717) is 6.42 Å². The fourth-order valence-corrected chi connectivity index (χ4v) is 7.48. The Kier molecular flexibility index (Phi) is 36.2. The summed E-state index contributed by atoms with van der Waals surface area (Å²) in [5, 5.41) is 13.2. The molecule has 0 radical (unpaired) electrons. The first-order valence-electron chi connectivity index (χ1n) is 21.4. The molecule has 0 saturated heterocycles. The Bertz CT molecular complexity index is 831. The summed E-state index contributed by atoms with van der Waals surface area (Å²) in [4.78, 5) is 12.5. The highest BCUT2D eigenvalue weighted by atomic mass is 32.2. The van der Waals surface area contributed by atoms with E-state index in [0.717, 1.165) is 38.5 Å². The number of amides is 1. The molecule has 0 fully saturated rings. The van der Waals surface area contributed by atoms with Crippen molar-refractivity contribution in [3.05, 3.63) is 12.2 Å². The lowest BCUT2D eigenvalue weighted by molar-refractivity contribution is -0.122. The molecular formula is C42H83NO5S. The number of carbonyl (C=O) groups excluding carboxylic acids is 1. The largest absolute Gasteiger partial charge is 0.387 e. The second-order valence-corrected chi connectivity index (χ2v) is 16.5. The van der Waals surface area contributed by atoms with Crippen molar-refractivity contribution in [1.82, 2.24) is 5.32 Å². The van der Waals surface area contributed by atoms with Gasteiger partial charge in [0.25, 0.3) is 10.1 Å². The predicted octanol–water partition coefficient (Wildman–Crippen LogP) is 12.6. The Labute approximate surface area is 305 Å². The van der Waals surface area contributed by atoms with E-state index in [1.54, 1.807) is 6.08 Å². The zero-order valence-corrected chi connectivity index (χ0v) is 33.4. The van der Waals surface area contributed by atoms with E-state index in [1.165, 1.54) is 173 Å². The highest BCUT2D eigenvalue weighted by molar-refractivity contribution is 7.85. The van der Waals surface area contributed by atoms with Gasteiger partial charge < -0.3 is 10.4 Å². The van der Waals surface area contributed by atoms with Crippen LogP contribution < -0.4 is 5.32 Å². The quantitative estimate of drug-likeness (QED) is 0.0334. The molecular weight excluding hydrogens is 631 g/mol. The van der Waals surface area contributed by atoms with Crippen molar-refractivity contribution >= 4 is 16.0 Å². The lowest BCUT2D eigenvalue weighted by Crippen LogP contribution is -2.46. The summed E-state index contributed by atoms with van der Waals surface area (Å²) in [6.45, 7) is 4.54. The molecule has 0 aliphatic carbocycles. The van der Waals surface area contributed by atoms with E-state index in [1.807, 2.05) is 6.08 Å². The van der Waals surface area contributed by atoms with Crippen LogP contribution in [0.4, 0.5) is 0 Å². The molecule has 1 amide bonds. The summed E-state index contributed by atoms with van der Waals surface area (Å²) in [5.74, 6) is -0.966. The first-order chi connectivity index (χ1) is 23.8. The highest BCUT2D eigenvalue weighted by Gasteiger charge is 2.24. The van der Waals surface area contributed by atoms with E-state index in [-0.39, 0.29) is 5.91 Å². The van der Waals surface area contributed by atoms with Gasteiger partial charge in [-0.1, -0.05) is 219 Å². The van der Waals surface area contributed by atoms with Crippen LogP contribution in [0.1, 0.15) is 232 Å². The zero-order chi connectivity index (χ0) is 36.1. The molecule has 0 spiro atoms. The van der Waals surface area contributed by atoms with Crippen LogP contribution in [-0.4, -0.2) is 41.9 Å². The molecule has 292 valence electrons. The van der Waals surface area contributed by atoms with Crippen LogP contribution in [0.25, 0.3) is 0 Å². The Balaban J connectivity index is 3.86. The molecule has 0 aromatic carbocycles. The molecule has 0 aliphatic heterocycles. The minimum absolute atomic E-state index is 0.274. The number of allylic oxidation sites excluding steroid dienone is 1. The van der Waals surface area contributed by atoms with Crippen LogP contribution in [0.3, 0.4) is 0 Å². The first kappa shape index (κ1) is 48.1. The maximum Gasteiger partial charge on any atom is 0.267 e. The number of hydrogen-bond donors (Lipinski definition) is 3. The van der Waals surface area contributed by atoms with Gasteiger partial charge in [0.05, 0.1) is 17.9 Å². The Hall–Kier alpha value is -0.920. The zero-order valence-electron chi connectivity index (χ0n) is 32.6. The highest BCUT2D eigenvalue weighted by Crippen LogP contribution is 2.16. The van der Waals surface area contributed by atoms with E-state index >= 15 is 0 Å². The maximum absolute atomic E-state index is 12.5. The van der Waals surface area contributed by atoms with Crippen molar-refractivity contribution < 1.29 is 22.9 Å². The monoisotopic (exact) mass is 714 g/mol. The molecule has 7 heteroatoms. The lowest BCUT2D eigenvalue weighted by Gasteiger charge is -2.21. The van der Waals surface area contributed by atoms with Gasteiger partial charge in [0.15, 0.2) is 0 Å². The van der Waals surface area contributed by atoms with Gasteiger partial charge in [-0.05, 0) is 19.3 Å². The number of rotatable bonds is 39. The third-order valence-electron chi connectivity index (χ3n) is 9.96. The second-order valence-electron chi connectivity index (χ2n) is 15.0. The third-order valence-corrected chi connectivity index (χ3v) is 10.7. The van der Waals surface area contributed by atoms with Gasteiger partial charge in [0, 0.05) is 6.42 Å². The molecule has 0 aromatic rings. The van der Waals surface area contributed by atoms with Crippen molar-refractivity contribution in [3.8, 4) is 0 Å². The van der Waals surface area contributed by atoms with Crippen molar-refractivity contribution in [2.75, 3.05) is 5.75 Å². The molecule has 0 aromatic heterocycles. The number of nitrogens with one attached hydrogen (secondary N) is 1. The molecule has 0 bridgehead atoms. The lowest BCUT2D eigenvalue weighted by atomic mass is 10.0. The fourth-order valence-electron chi connectivity index (χ4n) is 6.75.